The van der Waals surface area contributed by atoms with E-state index in [4.69, 9.17) is 0 Å². The van der Waals surface area contributed by atoms with Crippen LogP contribution in [0.4, 0.5) is 13.6 Å². The van der Waals surface area contributed by atoms with Crippen LogP contribution in [-0.2, 0) is 13.0 Å². The first-order valence-corrected chi connectivity index (χ1v) is 12.5. The number of halogens is 2. The molecule has 1 atom stereocenters. The van der Waals surface area contributed by atoms with Crippen molar-refractivity contribution in [1.29, 1.82) is 5.26 Å². The Balaban J connectivity index is 1.40. The largest absolute Gasteiger partial charge is 0.374 e. The number of benzene rings is 1. The molecular formula is C26H27F2N9O. The van der Waals surface area contributed by atoms with E-state index in [2.05, 4.69) is 25.5 Å². The Labute approximate surface area is 218 Å². The number of fused-ring (bicyclic) bond motifs is 1. The first kappa shape index (κ1) is 25.3. The van der Waals surface area contributed by atoms with E-state index in [1.54, 1.807) is 17.2 Å². The Bertz CT molecular complexity index is 1400. The van der Waals surface area contributed by atoms with Crippen molar-refractivity contribution in [3.05, 3.63) is 64.1 Å². The molecule has 4 heterocycles. The van der Waals surface area contributed by atoms with Crippen LogP contribution >= 0.6 is 0 Å². The summed E-state index contributed by atoms with van der Waals surface area (Å²) in [7, 11) is 0. The van der Waals surface area contributed by atoms with Crippen LogP contribution in [0.3, 0.4) is 0 Å². The highest BCUT2D eigenvalue weighted by atomic mass is 19.1. The minimum absolute atomic E-state index is 0.150. The second-order valence-electron chi connectivity index (χ2n) is 9.22. The van der Waals surface area contributed by atoms with E-state index in [1.807, 2.05) is 17.7 Å². The number of aryl methyl sites for hydroxylation is 2. The molecule has 1 unspecified atom stereocenters. The molecule has 12 heteroatoms. The molecule has 1 N–H and O–H groups in total. The highest BCUT2D eigenvalue weighted by molar-refractivity contribution is 6.12. The monoisotopic (exact) mass is 519 g/mol. The molecular weight excluding hydrogens is 492 g/mol. The summed E-state index contributed by atoms with van der Waals surface area (Å²) in [6, 6.07) is 5.04. The minimum Gasteiger partial charge on any atom is -0.374 e. The van der Waals surface area contributed by atoms with Crippen LogP contribution in [0.15, 0.2) is 45.3 Å². The molecule has 0 fully saturated rings. The van der Waals surface area contributed by atoms with Gasteiger partial charge in [0.15, 0.2) is 5.83 Å². The van der Waals surface area contributed by atoms with Crippen LogP contribution in [0.2, 0.25) is 0 Å². The van der Waals surface area contributed by atoms with Gasteiger partial charge in [0, 0.05) is 50.1 Å². The Hall–Kier alpha value is -4.40. The van der Waals surface area contributed by atoms with Gasteiger partial charge in [-0.2, -0.15) is 15.5 Å². The lowest BCUT2D eigenvalue weighted by molar-refractivity contribution is 0.144. The molecule has 38 heavy (non-hydrogen) atoms. The summed E-state index contributed by atoms with van der Waals surface area (Å²) in [6.45, 7) is 3.67. The molecule has 5 rings (SSSR count). The molecule has 1 aromatic heterocycles. The number of nitrogens with one attached hydrogen (secondary N) is 1. The lowest BCUT2D eigenvalue weighted by Gasteiger charge is -2.30. The van der Waals surface area contributed by atoms with Crippen LogP contribution in [-0.4, -0.2) is 70.2 Å². The number of amides is 2. The summed E-state index contributed by atoms with van der Waals surface area (Å²) in [6.07, 6.45) is 6.23. The van der Waals surface area contributed by atoms with Gasteiger partial charge in [-0.05, 0) is 43.5 Å². The van der Waals surface area contributed by atoms with Gasteiger partial charge in [0.25, 0.3) is 0 Å². The molecule has 0 spiro atoms. The number of carbonyl (C=O) groups is 1. The zero-order chi connectivity index (χ0) is 26.6. The average Bonchev–Trinajstić information content (AvgIpc) is 3.62. The molecule has 2 amide bonds. The number of allylic oxidation sites excluding steroid dienone is 1. The fourth-order valence-corrected chi connectivity index (χ4v) is 5.00. The number of carbonyl (C=O) groups excluding carboxylic acids is 1. The third-order valence-electron chi connectivity index (χ3n) is 6.73. The van der Waals surface area contributed by atoms with Gasteiger partial charge in [0.2, 0.25) is 0 Å². The first-order chi connectivity index (χ1) is 18.5. The smallest absolute Gasteiger partial charge is 0.341 e. The van der Waals surface area contributed by atoms with Crippen molar-refractivity contribution in [3.63, 3.8) is 0 Å². The number of hydrazone groups is 1. The second kappa shape index (κ2) is 10.9. The van der Waals surface area contributed by atoms with Crippen LogP contribution in [0.5, 0.6) is 0 Å². The van der Waals surface area contributed by atoms with E-state index in [0.717, 1.165) is 37.3 Å². The summed E-state index contributed by atoms with van der Waals surface area (Å²) in [5.74, 6) is -1.12. The number of aromatic nitrogens is 2. The molecule has 0 radical (unpaired) electrons. The fraction of sp³-hybridized carbons (Fsp3) is 0.385. The maximum Gasteiger partial charge on any atom is 0.341 e. The molecule has 0 saturated carbocycles. The molecule has 3 aliphatic rings. The molecule has 3 aliphatic heterocycles. The van der Waals surface area contributed by atoms with Crippen molar-refractivity contribution in [2.75, 3.05) is 26.2 Å². The van der Waals surface area contributed by atoms with Gasteiger partial charge < -0.3 is 10.2 Å². The second-order valence-corrected chi connectivity index (χ2v) is 9.22. The van der Waals surface area contributed by atoms with Crippen LogP contribution < -0.4 is 5.32 Å². The van der Waals surface area contributed by atoms with E-state index in [9.17, 15) is 14.4 Å². The maximum atomic E-state index is 15.3. The predicted molar refractivity (Wildman–Crippen MR) is 138 cm³/mol. The van der Waals surface area contributed by atoms with Gasteiger partial charge in [0.1, 0.15) is 11.5 Å². The molecule has 10 nitrogen and oxygen atoms in total. The maximum absolute atomic E-state index is 15.3. The van der Waals surface area contributed by atoms with E-state index in [1.165, 1.54) is 17.4 Å². The van der Waals surface area contributed by atoms with Gasteiger partial charge in [0.05, 0.1) is 42.5 Å². The normalized spacial score (nSPS) is 23.3. The fourth-order valence-electron chi connectivity index (χ4n) is 5.00. The molecule has 1 aromatic carbocycles. The molecule has 2 aromatic rings. The number of urea groups is 1. The number of hydrogen-bond acceptors (Lipinski definition) is 7. The van der Waals surface area contributed by atoms with E-state index in [0.29, 0.717) is 36.3 Å². The minimum atomic E-state index is -0.573. The summed E-state index contributed by atoms with van der Waals surface area (Å²) >= 11 is 0. The van der Waals surface area contributed by atoms with Crippen molar-refractivity contribution in [2.24, 2.45) is 15.1 Å². The SMILES string of the molecule is Cc1nn2c(c1C1=N/CCN(C(=O)N3N=CCC3c3cc(F)cc(C#N)c3)CCN/C=N/C=C\1F)CCC2. The van der Waals surface area contributed by atoms with Crippen molar-refractivity contribution < 1.29 is 13.6 Å². The van der Waals surface area contributed by atoms with Crippen LogP contribution in [0.25, 0.3) is 0 Å². The number of aliphatic imine (C=N–C) groups is 2. The summed E-state index contributed by atoms with van der Waals surface area (Å²) in [5, 5.41) is 22.3. The Kier molecular flexibility index (Phi) is 7.26. The van der Waals surface area contributed by atoms with E-state index < -0.39 is 23.7 Å². The standard InChI is InChI=1S/C26H27F2N9O/c1-17-24(23-3-2-8-36(23)34-17)25-21(28)15-31-16-30-6-9-35(10-7-32-25)26(38)37-22(4-5-33-37)19-11-18(14-29)12-20(27)13-19/h5,11-13,15-16,22H,2-4,6-10H2,1H3,(H,30,31)/b21-15+,32-25+. The Morgan fingerprint density at radius 2 is 2.08 bits per heavy atom. The average molecular weight is 520 g/mol. The van der Waals surface area contributed by atoms with Gasteiger partial charge in [-0.3, -0.25) is 9.67 Å². The van der Waals surface area contributed by atoms with E-state index >= 15 is 4.39 Å². The Morgan fingerprint density at radius 3 is 2.92 bits per heavy atom. The molecule has 0 aliphatic carbocycles. The lowest BCUT2D eigenvalue weighted by Crippen LogP contribution is -2.45. The van der Waals surface area contributed by atoms with Crippen molar-refractivity contribution >= 4 is 24.3 Å². The van der Waals surface area contributed by atoms with E-state index in [-0.39, 0.29) is 24.4 Å². The van der Waals surface area contributed by atoms with Crippen LogP contribution in [0, 0.1) is 24.1 Å². The zero-order valence-corrected chi connectivity index (χ0v) is 20.9. The van der Waals surface area contributed by atoms with Crippen molar-refractivity contribution in [3.8, 4) is 6.07 Å². The van der Waals surface area contributed by atoms with Crippen molar-refractivity contribution in [2.45, 2.75) is 38.8 Å². The van der Waals surface area contributed by atoms with Gasteiger partial charge >= 0.3 is 6.03 Å². The number of hydrogen-bond donors (Lipinski definition) is 1. The van der Waals surface area contributed by atoms with Gasteiger partial charge in [-0.1, -0.05) is 0 Å². The van der Waals surface area contributed by atoms with Crippen LogP contribution in [0.1, 0.15) is 47.0 Å². The zero-order valence-electron chi connectivity index (χ0n) is 20.9. The summed E-state index contributed by atoms with van der Waals surface area (Å²) in [4.78, 5) is 23.8. The van der Waals surface area contributed by atoms with Gasteiger partial charge in [-0.15, -0.1) is 0 Å². The third kappa shape index (κ3) is 5.04. The summed E-state index contributed by atoms with van der Waals surface area (Å²) in [5.41, 5.74) is 3.17. The highest BCUT2D eigenvalue weighted by Gasteiger charge is 2.32. The first-order valence-electron chi connectivity index (χ1n) is 12.5. The quantitative estimate of drug-likeness (QED) is 0.656. The predicted octanol–water partition coefficient (Wildman–Crippen LogP) is 3.23. The third-order valence-corrected chi connectivity index (χ3v) is 6.73. The summed E-state index contributed by atoms with van der Waals surface area (Å²) < 4.78 is 31.3. The van der Waals surface area contributed by atoms with Crippen molar-refractivity contribution in [1.82, 2.24) is 25.0 Å². The lowest BCUT2D eigenvalue weighted by atomic mass is 10.0. The highest BCUT2D eigenvalue weighted by Crippen LogP contribution is 2.30. The molecule has 0 saturated heterocycles. The number of rotatable bonds is 2. The topological polar surface area (TPSA) is 114 Å². The number of nitrogens with zero attached hydrogens (tertiary/aromatic N) is 8. The Morgan fingerprint density at radius 1 is 1.21 bits per heavy atom. The number of nitriles is 1. The van der Waals surface area contributed by atoms with Gasteiger partial charge in [-0.25, -0.2) is 23.6 Å². The molecule has 0 bridgehead atoms. The molecule has 196 valence electrons.